The van der Waals surface area contributed by atoms with Gasteiger partial charge in [0.1, 0.15) is 0 Å². The molecular weight excluding hydrogens is 234 g/mol. The van der Waals surface area contributed by atoms with Gasteiger partial charge in [-0.15, -0.1) is 0 Å². The highest BCUT2D eigenvalue weighted by Crippen LogP contribution is 2.04. The molecule has 0 spiro atoms. The average Bonchev–Trinajstić information content (AvgIpc) is 2.38. The Kier molecular flexibility index (Phi) is 6.82. The van der Waals surface area contributed by atoms with Crippen molar-refractivity contribution in [3.63, 3.8) is 0 Å². The van der Waals surface area contributed by atoms with Gasteiger partial charge in [-0.3, -0.25) is 0 Å². The van der Waals surface area contributed by atoms with Gasteiger partial charge < -0.3 is 10.1 Å². The van der Waals surface area contributed by atoms with E-state index in [1.165, 1.54) is 5.56 Å². The molecule has 0 saturated carbocycles. The normalized spacial score (nSPS) is 13.9. The van der Waals surface area contributed by atoms with Gasteiger partial charge in [-0.25, -0.2) is 0 Å². The van der Waals surface area contributed by atoms with Crippen molar-refractivity contribution in [2.75, 3.05) is 13.2 Å². The second-order valence-corrected chi connectivity index (χ2v) is 5.81. The number of hydrogen-bond acceptors (Lipinski definition) is 2. The van der Waals surface area contributed by atoms with E-state index >= 15 is 0 Å². The van der Waals surface area contributed by atoms with Crippen molar-refractivity contribution in [3.8, 4) is 0 Å². The largest absolute Gasteiger partial charge is 0.373 e. The third-order valence-electron chi connectivity index (χ3n) is 2.85. The smallest absolute Gasteiger partial charge is 0.0701 e. The van der Waals surface area contributed by atoms with Gasteiger partial charge in [-0.2, -0.15) is 0 Å². The third kappa shape index (κ3) is 7.81. The second-order valence-electron chi connectivity index (χ2n) is 5.81. The van der Waals surface area contributed by atoms with E-state index in [1.807, 2.05) is 18.2 Å². The molecule has 0 radical (unpaired) electrons. The minimum Gasteiger partial charge on any atom is -0.373 e. The topological polar surface area (TPSA) is 21.3 Å². The molecule has 1 aromatic carbocycles. The zero-order valence-electron chi connectivity index (χ0n) is 12.6. The van der Waals surface area contributed by atoms with Crippen molar-refractivity contribution in [1.82, 2.24) is 5.32 Å². The Bertz CT molecular complexity index is 365. The van der Waals surface area contributed by atoms with E-state index in [0.717, 1.165) is 13.0 Å². The summed E-state index contributed by atoms with van der Waals surface area (Å²) in [4.78, 5) is 0. The molecule has 1 aromatic rings. The standard InChI is InChI=1S/C17H27NO/c1-5-16(14-18-17(2,3)4)19-13-9-12-15-10-7-6-8-11-15/h6-12,16,18H,5,13-14H2,1-4H3. The first kappa shape index (κ1) is 15.9. The molecule has 2 nitrogen and oxygen atoms in total. The first-order valence-electron chi connectivity index (χ1n) is 7.09. The quantitative estimate of drug-likeness (QED) is 0.804. The van der Waals surface area contributed by atoms with E-state index < -0.39 is 0 Å². The van der Waals surface area contributed by atoms with E-state index in [0.29, 0.717) is 6.61 Å². The SMILES string of the molecule is CCC(CNC(C)(C)C)OCC=Cc1ccccc1. The van der Waals surface area contributed by atoms with E-state index in [4.69, 9.17) is 4.74 Å². The number of benzene rings is 1. The lowest BCUT2D eigenvalue weighted by Crippen LogP contribution is -2.41. The summed E-state index contributed by atoms with van der Waals surface area (Å²) in [5.41, 5.74) is 1.36. The zero-order valence-corrected chi connectivity index (χ0v) is 12.6. The maximum atomic E-state index is 5.86. The zero-order chi connectivity index (χ0) is 14.1. The van der Waals surface area contributed by atoms with Gasteiger partial charge in [-0.05, 0) is 32.8 Å². The molecule has 0 aliphatic heterocycles. The van der Waals surface area contributed by atoms with Gasteiger partial charge in [0.05, 0.1) is 12.7 Å². The van der Waals surface area contributed by atoms with Gasteiger partial charge in [0, 0.05) is 12.1 Å². The summed E-state index contributed by atoms with van der Waals surface area (Å²) in [5.74, 6) is 0. The third-order valence-corrected chi connectivity index (χ3v) is 2.85. The molecule has 0 heterocycles. The van der Waals surface area contributed by atoms with Crippen molar-refractivity contribution in [2.45, 2.75) is 45.8 Å². The van der Waals surface area contributed by atoms with Crippen molar-refractivity contribution in [3.05, 3.63) is 42.0 Å². The Morgan fingerprint density at radius 1 is 1.21 bits per heavy atom. The lowest BCUT2D eigenvalue weighted by molar-refractivity contribution is 0.0666. The highest BCUT2D eigenvalue weighted by atomic mass is 16.5. The Hall–Kier alpha value is -1.12. The van der Waals surface area contributed by atoms with Crippen molar-refractivity contribution in [2.24, 2.45) is 0 Å². The van der Waals surface area contributed by atoms with Gasteiger partial charge in [0.2, 0.25) is 0 Å². The van der Waals surface area contributed by atoms with Crippen LogP contribution in [0.1, 0.15) is 39.7 Å². The molecule has 1 unspecified atom stereocenters. The average molecular weight is 261 g/mol. The summed E-state index contributed by atoms with van der Waals surface area (Å²) >= 11 is 0. The van der Waals surface area contributed by atoms with Gasteiger partial charge in [0.25, 0.3) is 0 Å². The molecule has 2 heteroatoms. The summed E-state index contributed by atoms with van der Waals surface area (Å²) in [6.07, 6.45) is 5.49. The molecule has 0 fully saturated rings. The molecule has 106 valence electrons. The number of nitrogens with one attached hydrogen (secondary N) is 1. The van der Waals surface area contributed by atoms with Crippen LogP contribution in [0.15, 0.2) is 36.4 Å². The fourth-order valence-electron chi connectivity index (χ4n) is 1.68. The minimum absolute atomic E-state index is 0.149. The number of rotatable bonds is 7. The molecule has 0 aliphatic rings. The molecule has 1 N–H and O–H groups in total. The van der Waals surface area contributed by atoms with Crippen molar-refractivity contribution in [1.29, 1.82) is 0 Å². The highest BCUT2D eigenvalue weighted by Gasteiger charge is 2.12. The second kappa shape index (κ2) is 8.13. The van der Waals surface area contributed by atoms with Gasteiger partial charge in [0.15, 0.2) is 0 Å². The summed E-state index contributed by atoms with van der Waals surface area (Å²) in [5, 5.41) is 3.48. The van der Waals surface area contributed by atoms with Crippen LogP contribution in [0.4, 0.5) is 0 Å². The molecule has 1 rings (SSSR count). The van der Waals surface area contributed by atoms with Crippen LogP contribution < -0.4 is 5.32 Å². The summed E-state index contributed by atoms with van der Waals surface area (Å²) in [6.45, 7) is 10.3. The molecule has 0 amide bonds. The van der Waals surface area contributed by atoms with Crippen LogP contribution in [0, 0.1) is 0 Å². The Morgan fingerprint density at radius 3 is 2.47 bits per heavy atom. The molecule has 0 bridgehead atoms. The van der Waals surface area contributed by atoms with Crippen molar-refractivity contribution >= 4 is 6.08 Å². The van der Waals surface area contributed by atoms with Gasteiger partial charge >= 0.3 is 0 Å². The predicted molar refractivity (Wildman–Crippen MR) is 83.3 cm³/mol. The van der Waals surface area contributed by atoms with Crippen LogP contribution in [0.5, 0.6) is 0 Å². The Balaban J connectivity index is 2.28. The molecule has 19 heavy (non-hydrogen) atoms. The van der Waals surface area contributed by atoms with Crippen LogP contribution in [0.3, 0.4) is 0 Å². The van der Waals surface area contributed by atoms with Crippen LogP contribution in [0.25, 0.3) is 6.08 Å². The first-order valence-corrected chi connectivity index (χ1v) is 7.09. The fraction of sp³-hybridized carbons (Fsp3) is 0.529. The maximum absolute atomic E-state index is 5.86. The van der Waals surface area contributed by atoms with Gasteiger partial charge in [-0.1, -0.05) is 49.4 Å². The number of hydrogen-bond donors (Lipinski definition) is 1. The van der Waals surface area contributed by atoms with Crippen LogP contribution >= 0.6 is 0 Å². The summed E-state index contributed by atoms with van der Waals surface area (Å²) < 4.78 is 5.86. The molecule has 0 aliphatic carbocycles. The maximum Gasteiger partial charge on any atom is 0.0701 e. The van der Waals surface area contributed by atoms with Crippen LogP contribution in [-0.4, -0.2) is 24.8 Å². The predicted octanol–water partition coefficient (Wildman–Crippen LogP) is 3.88. The van der Waals surface area contributed by atoms with E-state index in [2.05, 4.69) is 57.3 Å². The van der Waals surface area contributed by atoms with E-state index in [-0.39, 0.29) is 11.6 Å². The van der Waals surface area contributed by atoms with Crippen molar-refractivity contribution < 1.29 is 4.74 Å². The lowest BCUT2D eigenvalue weighted by Gasteiger charge is -2.24. The fourth-order valence-corrected chi connectivity index (χ4v) is 1.68. The summed E-state index contributed by atoms with van der Waals surface area (Å²) in [6, 6.07) is 10.3. The lowest BCUT2D eigenvalue weighted by atomic mass is 10.1. The highest BCUT2D eigenvalue weighted by molar-refractivity contribution is 5.48. The van der Waals surface area contributed by atoms with Crippen LogP contribution in [0.2, 0.25) is 0 Å². The molecule has 1 atom stereocenters. The van der Waals surface area contributed by atoms with Crippen LogP contribution in [-0.2, 0) is 4.74 Å². The molecule has 0 aromatic heterocycles. The number of ether oxygens (including phenoxy) is 1. The summed E-state index contributed by atoms with van der Waals surface area (Å²) in [7, 11) is 0. The minimum atomic E-state index is 0.149. The molecular formula is C17H27NO. The molecule has 0 saturated heterocycles. The monoisotopic (exact) mass is 261 g/mol. The first-order chi connectivity index (χ1) is 9.01. The Morgan fingerprint density at radius 2 is 1.89 bits per heavy atom. The van der Waals surface area contributed by atoms with E-state index in [1.54, 1.807) is 0 Å². The van der Waals surface area contributed by atoms with E-state index in [9.17, 15) is 0 Å². The Labute approximate surface area is 117 Å².